The highest BCUT2D eigenvalue weighted by Crippen LogP contribution is 2.38. The maximum absolute atomic E-state index is 12.1. The molecule has 1 aliphatic carbocycles. The van der Waals surface area contributed by atoms with Gasteiger partial charge in [0.05, 0.1) is 5.75 Å². The average molecular weight is 420 g/mol. The molecule has 1 aromatic heterocycles. The highest BCUT2D eigenvalue weighted by molar-refractivity contribution is 8.14. The van der Waals surface area contributed by atoms with Gasteiger partial charge in [0.2, 0.25) is 5.91 Å². The number of esters is 1. The molecular weight excluding hydrogens is 394 g/mol. The predicted molar refractivity (Wildman–Crippen MR) is 109 cm³/mol. The normalized spacial score (nSPS) is 17.8. The minimum Gasteiger partial charge on any atom is -0.449 e. The van der Waals surface area contributed by atoms with Crippen LogP contribution in [-0.4, -0.2) is 57.4 Å². The molecule has 0 aromatic carbocycles. The molecule has 9 heteroatoms. The maximum Gasteiger partial charge on any atom is 0.331 e. The van der Waals surface area contributed by atoms with Crippen LogP contribution >= 0.6 is 11.8 Å². The van der Waals surface area contributed by atoms with Crippen molar-refractivity contribution in [2.24, 2.45) is 0 Å². The highest BCUT2D eigenvalue weighted by atomic mass is 32.2. The van der Waals surface area contributed by atoms with Gasteiger partial charge in [-0.2, -0.15) is 0 Å². The maximum atomic E-state index is 12.1. The molecular formula is C20H25N3O5S. The molecule has 1 saturated heterocycles. The summed E-state index contributed by atoms with van der Waals surface area (Å²) in [6, 6.07) is 2.60. The van der Waals surface area contributed by atoms with Gasteiger partial charge >= 0.3 is 5.97 Å². The van der Waals surface area contributed by atoms with Crippen molar-refractivity contribution in [2.75, 3.05) is 18.8 Å². The quantitative estimate of drug-likeness (QED) is 0.512. The van der Waals surface area contributed by atoms with Crippen molar-refractivity contribution in [1.29, 1.82) is 0 Å². The number of ether oxygens (including phenoxy) is 1. The zero-order valence-corrected chi connectivity index (χ0v) is 17.6. The van der Waals surface area contributed by atoms with Crippen molar-refractivity contribution in [3.63, 3.8) is 0 Å². The lowest BCUT2D eigenvalue weighted by Crippen LogP contribution is -2.41. The summed E-state index contributed by atoms with van der Waals surface area (Å²) in [7, 11) is 0. The Kier molecular flexibility index (Phi) is 6.46. The largest absolute Gasteiger partial charge is 0.449 e. The molecule has 3 rings (SSSR count). The number of carbonyl (C=O) groups excluding carboxylic acids is 4. The van der Waals surface area contributed by atoms with Crippen LogP contribution in [0.3, 0.4) is 0 Å². The molecule has 0 spiro atoms. The van der Waals surface area contributed by atoms with Gasteiger partial charge in [0.1, 0.15) is 0 Å². The molecule has 0 unspecified atom stereocenters. The van der Waals surface area contributed by atoms with Crippen molar-refractivity contribution in [3.05, 3.63) is 29.1 Å². The fourth-order valence-electron chi connectivity index (χ4n) is 3.32. The van der Waals surface area contributed by atoms with Crippen LogP contribution in [0.5, 0.6) is 0 Å². The van der Waals surface area contributed by atoms with Gasteiger partial charge < -0.3 is 14.6 Å². The molecule has 2 aliphatic rings. The van der Waals surface area contributed by atoms with E-state index in [1.807, 2.05) is 13.0 Å². The molecule has 0 radical (unpaired) electrons. The van der Waals surface area contributed by atoms with Crippen molar-refractivity contribution >= 4 is 40.9 Å². The Balaban J connectivity index is 1.45. The summed E-state index contributed by atoms with van der Waals surface area (Å²) in [4.78, 5) is 48.2. The molecule has 2 heterocycles. The number of nitrogens with one attached hydrogen (secondary N) is 1. The van der Waals surface area contributed by atoms with Crippen LogP contribution in [0.25, 0.3) is 6.08 Å². The first-order chi connectivity index (χ1) is 13.8. The molecule has 8 nitrogen and oxygen atoms in total. The zero-order chi connectivity index (χ0) is 21.1. The number of carbonyl (C=O) groups is 4. The van der Waals surface area contributed by atoms with Crippen molar-refractivity contribution in [2.45, 2.75) is 45.8 Å². The Bertz CT molecular complexity index is 856. The molecule has 29 heavy (non-hydrogen) atoms. The fourth-order valence-corrected chi connectivity index (χ4v) is 4.07. The van der Waals surface area contributed by atoms with E-state index < -0.39 is 18.0 Å². The lowest BCUT2D eigenvalue weighted by atomic mass is 10.2. The number of amides is 3. The van der Waals surface area contributed by atoms with Gasteiger partial charge in [-0.15, -0.1) is 0 Å². The first kappa shape index (κ1) is 21.2. The lowest BCUT2D eigenvalue weighted by molar-refractivity contribution is -0.150. The van der Waals surface area contributed by atoms with Crippen molar-refractivity contribution in [1.82, 2.24) is 14.8 Å². The summed E-state index contributed by atoms with van der Waals surface area (Å²) in [5.41, 5.74) is 3.24. The second-order valence-electron chi connectivity index (χ2n) is 7.23. The molecule has 156 valence electrons. The van der Waals surface area contributed by atoms with Gasteiger partial charge in [0, 0.05) is 36.6 Å². The zero-order valence-electron chi connectivity index (χ0n) is 16.8. The van der Waals surface area contributed by atoms with E-state index in [1.165, 1.54) is 31.5 Å². The van der Waals surface area contributed by atoms with E-state index >= 15 is 0 Å². The third-order valence-electron chi connectivity index (χ3n) is 4.97. The van der Waals surface area contributed by atoms with Crippen LogP contribution in [0.4, 0.5) is 4.79 Å². The summed E-state index contributed by atoms with van der Waals surface area (Å²) in [5, 5.41) is 2.26. The van der Waals surface area contributed by atoms with Crippen LogP contribution in [0.15, 0.2) is 12.1 Å². The number of thioether (sulfide) groups is 1. The van der Waals surface area contributed by atoms with Gasteiger partial charge in [-0.25, -0.2) is 4.79 Å². The summed E-state index contributed by atoms with van der Waals surface area (Å²) < 4.78 is 7.43. The molecule has 1 aromatic rings. The Labute approximate surface area is 173 Å². The first-order valence-corrected chi connectivity index (χ1v) is 10.6. The molecule has 0 bridgehead atoms. The van der Waals surface area contributed by atoms with Crippen molar-refractivity contribution in [3.8, 4) is 0 Å². The Hall–Kier alpha value is -2.55. The first-order valence-electron chi connectivity index (χ1n) is 9.60. The predicted octanol–water partition coefficient (Wildman–Crippen LogP) is 2.20. The molecule has 2 fully saturated rings. The van der Waals surface area contributed by atoms with Gasteiger partial charge in [-0.1, -0.05) is 11.8 Å². The van der Waals surface area contributed by atoms with Gasteiger partial charge in [0.15, 0.2) is 6.10 Å². The van der Waals surface area contributed by atoms with Crippen LogP contribution in [0, 0.1) is 13.8 Å². The fraction of sp³-hybridized carbons (Fsp3) is 0.500. The van der Waals surface area contributed by atoms with Crippen LogP contribution in [0.1, 0.15) is 42.8 Å². The summed E-state index contributed by atoms with van der Waals surface area (Å²) in [6.45, 7) is 5.77. The summed E-state index contributed by atoms with van der Waals surface area (Å²) >= 11 is 0.945. The minimum atomic E-state index is -0.981. The highest BCUT2D eigenvalue weighted by Gasteiger charge is 2.29. The number of hydrogen-bond acceptors (Lipinski definition) is 6. The van der Waals surface area contributed by atoms with Gasteiger partial charge in [-0.3, -0.25) is 19.3 Å². The van der Waals surface area contributed by atoms with E-state index in [9.17, 15) is 19.2 Å². The second-order valence-corrected chi connectivity index (χ2v) is 8.16. The number of aromatic nitrogens is 1. The van der Waals surface area contributed by atoms with E-state index in [2.05, 4.69) is 16.8 Å². The molecule has 1 aliphatic heterocycles. The molecule has 3 amide bonds. The number of aryl methyl sites for hydroxylation is 1. The Morgan fingerprint density at radius 2 is 2.07 bits per heavy atom. The van der Waals surface area contributed by atoms with Gasteiger partial charge in [0.25, 0.3) is 11.1 Å². The van der Waals surface area contributed by atoms with E-state index in [0.29, 0.717) is 6.04 Å². The number of hydrogen-bond donors (Lipinski definition) is 1. The minimum absolute atomic E-state index is 0.105. The van der Waals surface area contributed by atoms with E-state index in [1.54, 1.807) is 6.08 Å². The SMILES string of the molecule is Cc1cc(/C=C/C(=O)O[C@@H](C)C(=O)NCCN2C(=O)CSC2=O)c(C)n1C1CC1. The Morgan fingerprint density at radius 1 is 1.34 bits per heavy atom. The van der Waals surface area contributed by atoms with Crippen molar-refractivity contribution < 1.29 is 23.9 Å². The standard InChI is InChI=1S/C20H25N3O5S/c1-12-10-15(13(2)23(12)16-5-6-16)4-7-18(25)28-14(3)19(26)21-8-9-22-17(24)11-29-20(22)27/h4,7,10,14,16H,5-6,8-9,11H2,1-3H3,(H,21,26)/b7-4+/t14-/m0/s1. The summed E-state index contributed by atoms with van der Waals surface area (Å²) in [6.07, 6.45) is 4.42. The third-order valence-corrected chi connectivity index (χ3v) is 5.83. The van der Waals surface area contributed by atoms with Crippen LogP contribution in [0.2, 0.25) is 0 Å². The van der Waals surface area contributed by atoms with E-state index in [0.717, 1.165) is 27.9 Å². The summed E-state index contributed by atoms with van der Waals surface area (Å²) in [5.74, 6) is -1.22. The van der Waals surface area contributed by atoms with Gasteiger partial charge in [-0.05, 0) is 51.3 Å². The molecule has 1 saturated carbocycles. The number of rotatable bonds is 8. The molecule has 1 atom stereocenters. The third kappa shape index (κ3) is 5.09. The van der Waals surface area contributed by atoms with E-state index in [4.69, 9.17) is 4.74 Å². The second kappa shape index (κ2) is 8.86. The van der Waals surface area contributed by atoms with Crippen LogP contribution < -0.4 is 5.32 Å². The van der Waals surface area contributed by atoms with Crippen LogP contribution in [-0.2, 0) is 19.1 Å². The Morgan fingerprint density at radius 3 is 2.69 bits per heavy atom. The average Bonchev–Trinajstić information content (AvgIpc) is 3.39. The number of imide groups is 1. The monoisotopic (exact) mass is 419 g/mol. The lowest BCUT2D eigenvalue weighted by Gasteiger charge is -2.15. The number of nitrogens with zero attached hydrogens (tertiary/aromatic N) is 2. The van der Waals surface area contributed by atoms with E-state index in [-0.39, 0.29) is 30.0 Å². The topological polar surface area (TPSA) is 97.7 Å². The smallest absolute Gasteiger partial charge is 0.331 e. The molecule has 1 N–H and O–H groups in total.